The standard InChI is InChI=1S/C19H20N6O3/c1-11-6-12(25-5-4-20-10-25)7-15-17(11)24-18(23-15)16-14(2-3-21-19(16)28)22-8-13(27)9-26/h2-7,10,13,26-27H,8-9H2,1H3,(H,23,24)(H2,21,22,28). The minimum Gasteiger partial charge on any atom is -0.394 e. The van der Waals surface area contributed by atoms with E-state index in [1.54, 1.807) is 18.6 Å². The maximum Gasteiger partial charge on any atom is 0.261 e. The number of hydrogen-bond acceptors (Lipinski definition) is 6. The highest BCUT2D eigenvalue weighted by Gasteiger charge is 2.16. The minimum absolute atomic E-state index is 0.108. The van der Waals surface area contributed by atoms with Crippen LogP contribution in [0.15, 0.2) is 47.9 Å². The number of aromatic amines is 2. The maximum atomic E-state index is 12.5. The summed E-state index contributed by atoms with van der Waals surface area (Å²) in [6, 6.07) is 5.64. The summed E-state index contributed by atoms with van der Waals surface area (Å²) in [6.07, 6.45) is 5.87. The lowest BCUT2D eigenvalue weighted by Gasteiger charge is -2.12. The Morgan fingerprint density at radius 1 is 1.36 bits per heavy atom. The fourth-order valence-corrected chi connectivity index (χ4v) is 3.10. The van der Waals surface area contributed by atoms with Gasteiger partial charge in [0.1, 0.15) is 11.4 Å². The van der Waals surface area contributed by atoms with Crippen LogP contribution in [0.4, 0.5) is 5.69 Å². The number of H-pyrrole nitrogens is 2. The van der Waals surface area contributed by atoms with Crippen LogP contribution in [0.1, 0.15) is 5.56 Å². The molecular weight excluding hydrogens is 360 g/mol. The molecule has 1 unspecified atom stereocenters. The summed E-state index contributed by atoms with van der Waals surface area (Å²) in [5.41, 5.74) is 4.00. The molecule has 0 amide bonds. The van der Waals surface area contributed by atoms with Crippen LogP contribution in [-0.2, 0) is 0 Å². The number of rotatable bonds is 6. The fourth-order valence-electron chi connectivity index (χ4n) is 3.10. The molecule has 0 bridgehead atoms. The van der Waals surface area contributed by atoms with E-state index >= 15 is 0 Å². The normalized spacial score (nSPS) is 12.4. The summed E-state index contributed by atoms with van der Waals surface area (Å²) in [5, 5.41) is 21.6. The molecule has 1 atom stereocenters. The zero-order valence-corrected chi connectivity index (χ0v) is 15.2. The van der Waals surface area contributed by atoms with Gasteiger partial charge in [-0.2, -0.15) is 0 Å². The number of nitrogens with zero attached hydrogens (tertiary/aromatic N) is 3. The lowest BCUT2D eigenvalue weighted by Crippen LogP contribution is -2.24. The van der Waals surface area contributed by atoms with Crippen molar-refractivity contribution in [1.29, 1.82) is 0 Å². The van der Waals surface area contributed by atoms with Crippen LogP contribution < -0.4 is 10.9 Å². The number of imidazole rings is 2. The minimum atomic E-state index is -0.928. The van der Waals surface area contributed by atoms with Gasteiger partial charge in [0, 0.05) is 30.8 Å². The van der Waals surface area contributed by atoms with E-state index in [0.29, 0.717) is 17.1 Å². The third-order valence-corrected chi connectivity index (χ3v) is 4.50. The Morgan fingerprint density at radius 2 is 2.21 bits per heavy atom. The second-order valence-electron chi connectivity index (χ2n) is 6.53. The predicted octanol–water partition coefficient (Wildman–Crippen LogP) is 1.18. The molecule has 0 radical (unpaired) electrons. The molecule has 0 aliphatic rings. The van der Waals surface area contributed by atoms with Crippen molar-refractivity contribution in [1.82, 2.24) is 24.5 Å². The Hall–Kier alpha value is -3.43. The molecule has 1 aromatic carbocycles. The number of aryl methyl sites for hydroxylation is 1. The first kappa shape index (κ1) is 18.0. The molecule has 4 rings (SSSR count). The van der Waals surface area contributed by atoms with Crippen LogP contribution in [0.2, 0.25) is 0 Å². The van der Waals surface area contributed by atoms with Crippen molar-refractivity contribution in [2.24, 2.45) is 0 Å². The van der Waals surface area contributed by atoms with E-state index in [0.717, 1.165) is 22.3 Å². The van der Waals surface area contributed by atoms with Gasteiger partial charge in [-0.15, -0.1) is 0 Å². The van der Waals surface area contributed by atoms with Crippen molar-refractivity contribution in [3.8, 4) is 17.1 Å². The van der Waals surface area contributed by atoms with E-state index in [1.165, 1.54) is 6.20 Å². The number of hydrogen-bond donors (Lipinski definition) is 5. The number of benzene rings is 1. The smallest absolute Gasteiger partial charge is 0.261 e. The molecule has 4 aromatic rings. The first-order chi connectivity index (χ1) is 13.6. The molecule has 9 heteroatoms. The van der Waals surface area contributed by atoms with Crippen LogP contribution in [-0.4, -0.2) is 54.0 Å². The van der Waals surface area contributed by atoms with E-state index in [4.69, 9.17) is 5.11 Å². The van der Waals surface area contributed by atoms with Gasteiger partial charge in [-0.25, -0.2) is 9.97 Å². The molecular formula is C19H20N6O3. The number of aliphatic hydroxyl groups is 2. The number of aromatic nitrogens is 5. The van der Waals surface area contributed by atoms with Gasteiger partial charge in [0.05, 0.1) is 35.8 Å². The summed E-state index contributed by atoms with van der Waals surface area (Å²) >= 11 is 0. The van der Waals surface area contributed by atoms with Crippen molar-refractivity contribution in [3.05, 3.63) is 59.0 Å². The van der Waals surface area contributed by atoms with Crippen molar-refractivity contribution >= 4 is 16.7 Å². The lowest BCUT2D eigenvalue weighted by atomic mass is 10.2. The molecule has 0 saturated heterocycles. The maximum absolute atomic E-state index is 12.5. The Balaban J connectivity index is 1.80. The molecule has 9 nitrogen and oxygen atoms in total. The van der Waals surface area contributed by atoms with Crippen LogP contribution in [0.3, 0.4) is 0 Å². The summed E-state index contributed by atoms with van der Waals surface area (Å²) in [4.78, 5) is 27.1. The average molecular weight is 380 g/mol. The van der Waals surface area contributed by atoms with Gasteiger partial charge in [0.25, 0.3) is 5.56 Å². The number of nitrogens with one attached hydrogen (secondary N) is 3. The number of aliphatic hydroxyl groups excluding tert-OH is 2. The van der Waals surface area contributed by atoms with E-state index < -0.39 is 6.10 Å². The first-order valence-corrected chi connectivity index (χ1v) is 8.80. The molecule has 28 heavy (non-hydrogen) atoms. The Morgan fingerprint density at radius 3 is 2.96 bits per heavy atom. The third-order valence-electron chi connectivity index (χ3n) is 4.50. The Labute approximate surface area is 159 Å². The highest BCUT2D eigenvalue weighted by Crippen LogP contribution is 2.27. The SMILES string of the molecule is Cc1cc(-n2ccnc2)cc2[nH]c(-c3c(NCC(O)CO)cc[nH]c3=O)nc12. The van der Waals surface area contributed by atoms with Crippen molar-refractivity contribution in [3.63, 3.8) is 0 Å². The topological polar surface area (TPSA) is 132 Å². The molecule has 3 heterocycles. The quantitative estimate of drug-likeness (QED) is 0.341. The molecule has 3 aromatic heterocycles. The van der Waals surface area contributed by atoms with Gasteiger partial charge >= 0.3 is 0 Å². The number of pyridine rings is 1. The van der Waals surface area contributed by atoms with Crippen LogP contribution >= 0.6 is 0 Å². The summed E-state index contributed by atoms with van der Waals surface area (Å²) in [6.45, 7) is 1.70. The molecule has 0 spiro atoms. The molecule has 5 N–H and O–H groups in total. The average Bonchev–Trinajstić information content (AvgIpc) is 3.36. The van der Waals surface area contributed by atoms with E-state index in [9.17, 15) is 9.90 Å². The first-order valence-electron chi connectivity index (χ1n) is 8.80. The number of fused-ring (bicyclic) bond motifs is 1. The van der Waals surface area contributed by atoms with Crippen LogP contribution in [0, 0.1) is 6.92 Å². The fraction of sp³-hybridized carbons (Fsp3) is 0.211. The molecule has 0 aliphatic heterocycles. The molecule has 144 valence electrons. The highest BCUT2D eigenvalue weighted by molar-refractivity contribution is 5.86. The van der Waals surface area contributed by atoms with Gasteiger partial charge in [-0.1, -0.05) is 0 Å². The number of anilines is 1. The van der Waals surface area contributed by atoms with Gasteiger partial charge in [-0.3, -0.25) is 4.79 Å². The molecule has 0 fully saturated rings. The van der Waals surface area contributed by atoms with Crippen molar-refractivity contribution in [2.75, 3.05) is 18.5 Å². The van der Waals surface area contributed by atoms with Gasteiger partial charge in [-0.05, 0) is 30.7 Å². The van der Waals surface area contributed by atoms with Gasteiger partial charge < -0.3 is 30.1 Å². The Bertz CT molecular complexity index is 1160. The Kier molecular flexibility index (Phi) is 4.68. The second-order valence-corrected chi connectivity index (χ2v) is 6.53. The summed E-state index contributed by atoms with van der Waals surface area (Å²) < 4.78 is 1.89. The van der Waals surface area contributed by atoms with Gasteiger partial charge in [0.15, 0.2) is 0 Å². The third kappa shape index (κ3) is 3.28. The lowest BCUT2D eigenvalue weighted by molar-refractivity contribution is 0.105. The highest BCUT2D eigenvalue weighted by atomic mass is 16.3. The van der Waals surface area contributed by atoms with Gasteiger partial charge in [0.2, 0.25) is 0 Å². The molecule has 0 saturated carbocycles. The van der Waals surface area contributed by atoms with Crippen LogP contribution in [0.5, 0.6) is 0 Å². The molecule has 0 aliphatic carbocycles. The largest absolute Gasteiger partial charge is 0.394 e. The zero-order chi connectivity index (χ0) is 19.7. The van der Waals surface area contributed by atoms with Crippen molar-refractivity contribution in [2.45, 2.75) is 13.0 Å². The zero-order valence-electron chi connectivity index (χ0n) is 15.2. The van der Waals surface area contributed by atoms with E-state index in [-0.39, 0.29) is 18.7 Å². The van der Waals surface area contributed by atoms with E-state index in [2.05, 4.69) is 25.3 Å². The monoisotopic (exact) mass is 380 g/mol. The van der Waals surface area contributed by atoms with Crippen LogP contribution in [0.25, 0.3) is 28.1 Å². The van der Waals surface area contributed by atoms with Crippen molar-refractivity contribution < 1.29 is 10.2 Å². The predicted molar refractivity (Wildman–Crippen MR) is 106 cm³/mol. The summed E-state index contributed by atoms with van der Waals surface area (Å²) in [7, 11) is 0. The summed E-state index contributed by atoms with van der Waals surface area (Å²) in [5.74, 6) is 0.420. The second kappa shape index (κ2) is 7.29. The van der Waals surface area contributed by atoms with E-state index in [1.807, 2.05) is 29.8 Å².